The molecule has 0 heteroatoms. The molecule has 0 saturated heterocycles. The van der Waals surface area contributed by atoms with E-state index in [1.807, 2.05) is 30.3 Å². The van der Waals surface area contributed by atoms with Crippen LogP contribution in [0.1, 0.15) is 26.0 Å². The lowest BCUT2D eigenvalue weighted by Gasteiger charge is -2.21. The molecule has 0 fully saturated rings. The fourth-order valence-electron chi connectivity index (χ4n) is 6.55. The van der Waals surface area contributed by atoms with Crippen molar-refractivity contribution < 1.29 is 26.0 Å². The molecule has 10 aromatic rings. The van der Waals surface area contributed by atoms with Crippen LogP contribution in [0.2, 0.25) is 0 Å². The summed E-state index contributed by atoms with van der Waals surface area (Å²) in [6, 6.07) is 2.85. The van der Waals surface area contributed by atoms with E-state index in [4.69, 9.17) is 13.7 Å². The Bertz CT molecular complexity index is 3840. The monoisotopic (exact) mass is 599 g/mol. The van der Waals surface area contributed by atoms with E-state index in [-0.39, 0.29) is 70.4 Å². The van der Waals surface area contributed by atoms with Crippen molar-refractivity contribution in [2.45, 2.75) is 0 Å². The molecule has 212 valence electrons. The Hall–Kier alpha value is -5.98. The quantitative estimate of drug-likeness (QED) is 0.140. The molecule has 0 aliphatic carbocycles. The van der Waals surface area contributed by atoms with E-state index < -0.39 is 131 Å². The fourth-order valence-corrected chi connectivity index (χ4v) is 6.55. The minimum Gasteiger partial charge on any atom is -0.0622 e. The van der Waals surface area contributed by atoms with Gasteiger partial charge in [-0.1, -0.05) is 163 Å². The van der Waals surface area contributed by atoms with Crippen LogP contribution in [0.15, 0.2) is 169 Å². The first-order chi connectivity index (χ1) is 30.8. The molecule has 0 aliphatic heterocycles. The summed E-state index contributed by atoms with van der Waals surface area (Å²) in [7, 11) is 0. The fraction of sp³-hybridized carbons (Fsp3) is 0. The summed E-state index contributed by atoms with van der Waals surface area (Å²) < 4.78 is 175. The van der Waals surface area contributed by atoms with E-state index in [9.17, 15) is 12.3 Å². The first-order valence-corrected chi connectivity index (χ1v) is 14.5. The Morgan fingerprint density at radius 2 is 0.913 bits per heavy atom. The molecule has 10 aromatic carbocycles. The van der Waals surface area contributed by atoms with Gasteiger partial charge in [0.25, 0.3) is 0 Å². The van der Waals surface area contributed by atoms with Crippen LogP contribution in [0, 0.1) is 0 Å². The highest BCUT2D eigenvalue weighted by Crippen LogP contribution is 2.49. The molecule has 10 rings (SSSR count). The average Bonchev–Trinajstić information content (AvgIpc) is 3.30. The lowest BCUT2D eigenvalue weighted by molar-refractivity contribution is 1.61. The Labute approximate surface area is 293 Å². The summed E-state index contributed by atoms with van der Waals surface area (Å²) in [6.07, 6.45) is 0. The number of benzene rings is 10. The predicted octanol–water partition coefficient (Wildman–Crippen LogP) is 13.0. The topological polar surface area (TPSA) is 0 Å². The third-order valence-corrected chi connectivity index (χ3v) is 8.51. The number of hydrogen-bond acceptors (Lipinski definition) is 0. The largest absolute Gasteiger partial charge is 0.0630 e. The number of rotatable bonds is 3. The maximum absolute atomic E-state index is 9.79. The third-order valence-electron chi connectivity index (χ3n) is 8.51. The van der Waals surface area contributed by atoms with E-state index in [1.165, 1.54) is 0 Å². The number of hydrogen-bond donors (Lipinski definition) is 0. The predicted molar refractivity (Wildman–Crippen MR) is 199 cm³/mol. The molecule has 0 saturated carbocycles. The average molecular weight is 600 g/mol. The lowest BCUT2D eigenvalue weighted by atomic mass is 9.81. The summed E-state index contributed by atoms with van der Waals surface area (Å²) in [5, 5.41) is -3.74. The Morgan fingerprint density at radius 1 is 0.326 bits per heavy atom. The zero-order valence-corrected chi connectivity index (χ0v) is 23.7. The molecule has 0 spiro atoms. The van der Waals surface area contributed by atoms with Gasteiger partial charge in [0.05, 0.1) is 26.0 Å². The number of fused-ring (bicyclic) bond motifs is 4. The van der Waals surface area contributed by atoms with Crippen molar-refractivity contribution in [1.82, 2.24) is 0 Å². The van der Waals surface area contributed by atoms with Gasteiger partial charge in [-0.2, -0.15) is 0 Å². The van der Waals surface area contributed by atoms with Crippen molar-refractivity contribution in [1.29, 1.82) is 0 Å². The molecule has 0 amide bonds. The van der Waals surface area contributed by atoms with E-state index >= 15 is 0 Å². The first-order valence-electron chi connectivity index (χ1n) is 24.0. The molecule has 0 N–H and O–H groups in total. The van der Waals surface area contributed by atoms with Gasteiger partial charge >= 0.3 is 0 Å². The third kappa shape index (κ3) is 3.62. The van der Waals surface area contributed by atoms with Crippen molar-refractivity contribution in [3.8, 4) is 33.4 Å². The summed E-state index contributed by atoms with van der Waals surface area (Å²) in [6.45, 7) is 0. The van der Waals surface area contributed by atoms with Gasteiger partial charge < -0.3 is 0 Å². The van der Waals surface area contributed by atoms with Crippen LogP contribution in [-0.4, -0.2) is 0 Å². The zero-order chi connectivity index (χ0) is 46.7. The lowest BCUT2D eigenvalue weighted by Crippen LogP contribution is -1.94. The maximum Gasteiger partial charge on any atom is 0.0630 e. The minimum absolute atomic E-state index is 0.0214. The second-order valence-corrected chi connectivity index (χ2v) is 10.9. The van der Waals surface area contributed by atoms with E-state index in [0.29, 0.717) is 5.56 Å². The molecule has 0 unspecified atom stereocenters. The van der Waals surface area contributed by atoms with E-state index in [1.54, 1.807) is 24.3 Å². The van der Waals surface area contributed by atoms with Gasteiger partial charge in [0.1, 0.15) is 0 Å². The summed E-state index contributed by atoms with van der Waals surface area (Å²) in [5.41, 5.74) is 0.800. The molecular weight excluding hydrogens is 553 g/mol. The van der Waals surface area contributed by atoms with Crippen LogP contribution in [0.3, 0.4) is 0 Å². The molecule has 0 nitrogen and oxygen atoms in total. The van der Waals surface area contributed by atoms with Crippen molar-refractivity contribution in [2.24, 2.45) is 0 Å². The van der Waals surface area contributed by atoms with Gasteiger partial charge in [-0.05, 0) is 104 Å². The van der Waals surface area contributed by atoms with E-state index in [0.717, 1.165) is 5.56 Å². The van der Waals surface area contributed by atoms with Gasteiger partial charge in [0.2, 0.25) is 0 Å². The smallest absolute Gasteiger partial charge is 0.0622 e. The van der Waals surface area contributed by atoms with Gasteiger partial charge in [-0.25, -0.2) is 0 Å². The van der Waals surface area contributed by atoms with Crippen LogP contribution < -0.4 is 0 Å². The SMILES string of the molecule is [2H]c1c([2H])c([2H])c2c(-c3c([2H])c([2H])c4c([2H])c([2H])c5c([2H])c([2H])c([2H])c6c([2H])c([2H])c3c4c56)c3c(c([2H])c([2H])c4c([2H])c([2H])c([2H])c([2H])c43)c(-c3cccc(-c4ccccc4)c3)c2c1[2H]. The molecule has 0 atom stereocenters. The molecule has 0 bridgehead atoms. The highest BCUT2D eigenvalue weighted by Gasteiger charge is 2.21. The van der Waals surface area contributed by atoms with Crippen molar-refractivity contribution in [2.75, 3.05) is 0 Å². The van der Waals surface area contributed by atoms with Crippen molar-refractivity contribution in [3.63, 3.8) is 0 Å². The summed E-state index contributed by atoms with van der Waals surface area (Å²) >= 11 is 0. The molecular formula is C46H28. The minimum atomic E-state index is -0.778. The van der Waals surface area contributed by atoms with Crippen LogP contribution in [0.25, 0.3) is 98.0 Å². The van der Waals surface area contributed by atoms with Crippen LogP contribution in [-0.2, 0) is 0 Å². The van der Waals surface area contributed by atoms with Gasteiger partial charge in [-0.3, -0.25) is 0 Å². The van der Waals surface area contributed by atoms with E-state index in [2.05, 4.69) is 0 Å². The summed E-state index contributed by atoms with van der Waals surface area (Å²) in [4.78, 5) is 0. The molecule has 46 heavy (non-hydrogen) atoms. The second kappa shape index (κ2) is 9.76. The standard InChI is InChI=1S/C46H28/c1-2-10-29(11-3-1)34-15-9-16-35(28-34)43-37-18-6-7-19-38(37)46(45-36-17-5-4-12-30(36)22-27-41(43)45)40-26-24-33-21-20-31-13-8-14-32-23-25-39(40)44(33)42(31)32/h1-28H/i4D,5D,6D,7D,8D,12D,13D,14D,17D,18D,19D,20D,21D,22D,23D,24D,25D,26D,27D. The molecule has 0 heterocycles. The van der Waals surface area contributed by atoms with Crippen molar-refractivity contribution >= 4 is 64.6 Å². The van der Waals surface area contributed by atoms with Gasteiger partial charge in [0, 0.05) is 0 Å². The zero-order valence-electron chi connectivity index (χ0n) is 42.7. The Morgan fingerprint density at radius 3 is 1.74 bits per heavy atom. The maximum atomic E-state index is 9.79. The Balaban J connectivity index is 1.62. The molecule has 0 aromatic heterocycles. The molecule has 0 radical (unpaired) electrons. The van der Waals surface area contributed by atoms with Crippen LogP contribution >= 0.6 is 0 Å². The van der Waals surface area contributed by atoms with Crippen LogP contribution in [0.5, 0.6) is 0 Å². The highest BCUT2D eigenvalue weighted by atomic mass is 14.2. The van der Waals surface area contributed by atoms with Crippen molar-refractivity contribution in [3.05, 3.63) is 169 Å². The van der Waals surface area contributed by atoms with Gasteiger partial charge in [-0.15, -0.1) is 0 Å². The first kappa shape index (κ1) is 13.2. The normalized spacial score (nSPS) is 17.7. The highest BCUT2D eigenvalue weighted by molar-refractivity contribution is 6.32. The molecule has 0 aliphatic rings. The summed E-state index contributed by atoms with van der Waals surface area (Å²) in [5.74, 6) is 0. The second-order valence-electron chi connectivity index (χ2n) is 10.9. The van der Waals surface area contributed by atoms with Gasteiger partial charge in [0.15, 0.2) is 0 Å². The van der Waals surface area contributed by atoms with Crippen LogP contribution in [0.4, 0.5) is 0 Å². The Kier molecular flexibility index (Phi) is 2.79.